The molecule has 0 radical (unpaired) electrons. The number of nitrogens with zero attached hydrogens (tertiary/aromatic N) is 2. The standard InChI is InChI=1S/C21H24N2O5/c1-3-8-27-15-5-4-13-9-16(21(26)28-18(13)10-15)20(25)23-11-14-6-7-22(2)19(24)17(14)12-23/h4-5,9-10,14,17H,3,6-8,11-12H2,1-2H3/t14-,17+/m1/s1. The maximum absolute atomic E-state index is 13.0. The molecule has 7 heteroatoms. The van der Waals surface area contributed by atoms with E-state index in [0.29, 0.717) is 43.0 Å². The number of carbonyl (C=O) groups excluding carboxylic acids is 2. The molecule has 0 spiro atoms. The molecular weight excluding hydrogens is 360 g/mol. The fraction of sp³-hybridized carbons (Fsp3) is 0.476. The second kappa shape index (κ2) is 7.30. The predicted molar refractivity (Wildman–Crippen MR) is 103 cm³/mol. The van der Waals surface area contributed by atoms with Crippen molar-refractivity contribution in [1.29, 1.82) is 0 Å². The van der Waals surface area contributed by atoms with E-state index in [-0.39, 0.29) is 29.2 Å². The van der Waals surface area contributed by atoms with Crippen LogP contribution >= 0.6 is 0 Å². The van der Waals surface area contributed by atoms with Gasteiger partial charge in [-0.25, -0.2) is 4.79 Å². The number of likely N-dealkylation sites (tertiary alicyclic amines) is 2. The number of hydrogen-bond acceptors (Lipinski definition) is 5. The number of fused-ring (bicyclic) bond motifs is 2. The van der Waals surface area contributed by atoms with E-state index in [0.717, 1.165) is 12.8 Å². The Labute approximate surface area is 162 Å². The molecule has 2 saturated heterocycles. The molecule has 0 saturated carbocycles. The van der Waals surface area contributed by atoms with Gasteiger partial charge in [-0.15, -0.1) is 0 Å². The zero-order valence-corrected chi connectivity index (χ0v) is 16.1. The molecule has 2 fully saturated rings. The second-order valence-corrected chi connectivity index (χ2v) is 7.62. The molecule has 0 bridgehead atoms. The van der Waals surface area contributed by atoms with Gasteiger partial charge in [0, 0.05) is 38.1 Å². The number of benzene rings is 1. The topological polar surface area (TPSA) is 80.1 Å². The van der Waals surface area contributed by atoms with Gasteiger partial charge in [0.15, 0.2) is 0 Å². The van der Waals surface area contributed by atoms with E-state index in [1.165, 1.54) is 0 Å². The van der Waals surface area contributed by atoms with Gasteiger partial charge in [-0.3, -0.25) is 9.59 Å². The SMILES string of the molecule is CCCOc1ccc2cc(C(=O)N3C[C@H]4CCN(C)C(=O)[C@H]4C3)c(=O)oc2c1. The molecule has 2 atom stereocenters. The highest BCUT2D eigenvalue weighted by Gasteiger charge is 2.43. The van der Waals surface area contributed by atoms with Crippen molar-refractivity contribution >= 4 is 22.8 Å². The molecule has 7 nitrogen and oxygen atoms in total. The Kier molecular flexibility index (Phi) is 4.83. The third-order valence-corrected chi connectivity index (χ3v) is 5.67. The van der Waals surface area contributed by atoms with Crippen LogP contribution in [0.3, 0.4) is 0 Å². The van der Waals surface area contributed by atoms with Gasteiger partial charge >= 0.3 is 5.63 Å². The molecule has 4 rings (SSSR count). The molecule has 2 aromatic rings. The highest BCUT2D eigenvalue weighted by molar-refractivity contribution is 5.97. The summed E-state index contributed by atoms with van der Waals surface area (Å²) in [6.07, 6.45) is 1.76. The Hall–Kier alpha value is -2.83. The van der Waals surface area contributed by atoms with Crippen molar-refractivity contribution in [2.24, 2.45) is 11.8 Å². The summed E-state index contributed by atoms with van der Waals surface area (Å²) < 4.78 is 11.0. The summed E-state index contributed by atoms with van der Waals surface area (Å²) in [5.74, 6) is 0.332. The number of amides is 2. The van der Waals surface area contributed by atoms with Gasteiger partial charge in [-0.1, -0.05) is 6.92 Å². The van der Waals surface area contributed by atoms with Crippen molar-refractivity contribution in [1.82, 2.24) is 9.80 Å². The maximum atomic E-state index is 13.0. The molecule has 1 aromatic heterocycles. The number of rotatable bonds is 4. The Morgan fingerprint density at radius 3 is 2.86 bits per heavy atom. The number of piperidine rings is 1. The van der Waals surface area contributed by atoms with Crippen molar-refractivity contribution in [2.75, 3.05) is 33.3 Å². The van der Waals surface area contributed by atoms with Crippen LogP contribution in [0.4, 0.5) is 0 Å². The Balaban J connectivity index is 1.58. The van der Waals surface area contributed by atoms with Gasteiger partial charge in [0.2, 0.25) is 5.91 Å². The summed E-state index contributed by atoms with van der Waals surface area (Å²) in [6, 6.07) is 6.82. The molecule has 0 unspecified atom stereocenters. The summed E-state index contributed by atoms with van der Waals surface area (Å²) in [5.41, 5.74) is -0.264. The lowest BCUT2D eigenvalue weighted by atomic mass is 9.88. The summed E-state index contributed by atoms with van der Waals surface area (Å²) in [5, 5.41) is 0.666. The van der Waals surface area contributed by atoms with E-state index >= 15 is 0 Å². The maximum Gasteiger partial charge on any atom is 0.349 e. The van der Waals surface area contributed by atoms with Gasteiger partial charge < -0.3 is 19.0 Å². The minimum absolute atomic E-state index is 0.00850. The molecule has 0 N–H and O–H groups in total. The fourth-order valence-electron chi connectivity index (χ4n) is 4.08. The van der Waals surface area contributed by atoms with Crippen LogP contribution < -0.4 is 10.4 Å². The molecular formula is C21H24N2O5. The van der Waals surface area contributed by atoms with Crippen LogP contribution in [-0.2, 0) is 4.79 Å². The van der Waals surface area contributed by atoms with E-state index < -0.39 is 5.63 Å². The van der Waals surface area contributed by atoms with Crippen LogP contribution in [0.25, 0.3) is 11.0 Å². The van der Waals surface area contributed by atoms with E-state index in [2.05, 4.69) is 0 Å². The normalized spacial score (nSPS) is 21.9. The van der Waals surface area contributed by atoms with Crippen LogP contribution in [0.2, 0.25) is 0 Å². The lowest BCUT2D eigenvalue weighted by Crippen LogP contribution is -2.42. The van der Waals surface area contributed by atoms with Gasteiger partial charge in [0.25, 0.3) is 5.91 Å². The second-order valence-electron chi connectivity index (χ2n) is 7.62. The van der Waals surface area contributed by atoms with Crippen LogP contribution in [0.15, 0.2) is 33.5 Å². The van der Waals surface area contributed by atoms with Gasteiger partial charge in [0.1, 0.15) is 16.9 Å². The molecule has 2 aliphatic rings. The molecule has 2 amide bonds. The molecule has 0 aliphatic carbocycles. The van der Waals surface area contributed by atoms with Crippen molar-refractivity contribution in [3.63, 3.8) is 0 Å². The molecule has 1 aromatic carbocycles. The lowest BCUT2D eigenvalue weighted by Gasteiger charge is -2.30. The number of carbonyl (C=O) groups is 2. The van der Waals surface area contributed by atoms with E-state index in [1.807, 2.05) is 6.92 Å². The zero-order valence-electron chi connectivity index (χ0n) is 16.1. The first-order valence-electron chi connectivity index (χ1n) is 9.73. The fourth-order valence-corrected chi connectivity index (χ4v) is 4.08. The Bertz CT molecular complexity index is 982. The molecule has 3 heterocycles. The van der Waals surface area contributed by atoms with E-state index in [4.69, 9.17) is 9.15 Å². The highest BCUT2D eigenvalue weighted by Crippen LogP contribution is 2.32. The van der Waals surface area contributed by atoms with Gasteiger partial charge in [-0.2, -0.15) is 0 Å². The van der Waals surface area contributed by atoms with Crippen LogP contribution in [0, 0.1) is 11.8 Å². The smallest absolute Gasteiger partial charge is 0.349 e. The first-order valence-corrected chi connectivity index (χ1v) is 9.73. The summed E-state index contributed by atoms with van der Waals surface area (Å²) in [7, 11) is 1.79. The monoisotopic (exact) mass is 384 g/mol. The van der Waals surface area contributed by atoms with Crippen molar-refractivity contribution in [3.8, 4) is 5.75 Å². The van der Waals surface area contributed by atoms with Gasteiger partial charge in [-0.05, 0) is 37.0 Å². The van der Waals surface area contributed by atoms with Gasteiger partial charge in [0.05, 0.1) is 12.5 Å². The molecule has 148 valence electrons. The minimum atomic E-state index is -0.663. The Morgan fingerprint density at radius 2 is 2.07 bits per heavy atom. The predicted octanol–water partition coefficient (Wildman–Crippen LogP) is 2.13. The van der Waals surface area contributed by atoms with Crippen LogP contribution in [-0.4, -0.2) is 54.9 Å². The average molecular weight is 384 g/mol. The molecule has 28 heavy (non-hydrogen) atoms. The lowest BCUT2D eigenvalue weighted by molar-refractivity contribution is -0.137. The summed E-state index contributed by atoms with van der Waals surface area (Å²) >= 11 is 0. The quantitative estimate of drug-likeness (QED) is 0.755. The van der Waals surface area contributed by atoms with Crippen molar-refractivity contribution in [3.05, 3.63) is 40.2 Å². The first-order chi connectivity index (χ1) is 13.5. The van der Waals surface area contributed by atoms with Crippen LogP contribution in [0.1, 0.15) is 30.1 Å². The van der Waals surface area contributed by atoms with E-state index in [1.54, 1.807) is 41.1 Å². The third-order valence-electron chi connectivity index (χ3n) is 5.67. The number of hydrogen-bond donors (Lipinski definition) is 0. The third kappa shape index (κ3) is 3.25. The zero-order chi connectivity index (χ0) is 19.8. The van der Waals surface area contributed by atoms with Crippen molar-refractivity contribution in [2.45, 2.75) is 19.8 Å². The first kappa shape index (κ1) is 18.5. The summed E-state index contributed by atoms with van der Waals surface area (Å²) in [4.78, 5) is 41.1. The number of ether oxygens (including phenoxy) is 1. The summed E-state index contributed by atoms with van der Waals surface area (Å²) in [6.45, 7) is 4.16. The Morgan fingerprint density at radius 1 is 1.25 bits per heavy atom. The molecule has 2 aliphatic heterocycles. The average Bonchev–Trinajstić information content (AvgIpc) is 3.13. The van der Waals surface area contributed by atoms with E-state index in [9.17, 15) is 14.4 Å². The van der Waals surface area contributed by atoms with Crippen molar-refractivity contribution < 1.29 is 18.7 Å². The largest absolute Gasteiger partial charge is 0.493 e. The highest BCUT2D eigenvalue weighted by atomic mass is 16.5. The van der Waals surface area contributed by atoms with Crippen LogP contribution in [0.5, 0.6) is 5.75 Å². The minimum Gasteiger partial charge on any atom is -0.493 e.